The number of hydrogen-bond donors (Lipinski definition) is 1. The molecule has 188 valence electrons. The van der Waals surface area contributed by atoms with Gasteiger partial charge in [-0.25, -0.2) is 0 Å². The molecule has 0 radical (unpaired) electrons. The van der Waals surface area contributed by atoms with E-state index in [1.54, 1.807) is 18.9 Å². The van der Waals surface area contributed by atoms with Crippen molar-refractivity contribution in [2.75, 3.05) is 12.0 Å². The molecule has 2 bridgehead atoms. The van der Waals surface area contributed by atoms with Gasteiger partial charge in [0.2, 0.25) is 11.8 Å². The van der Waals surface area contributed by atoms with Gasteiger partial charge in [-0.1, -0.05) is 29.5 Å². The van der Waals surface area contributed by atoms with Crippen molar-refractivity contribution in [1.82, 2.24) is 4.98 Å². The summed E-state index contributed by atoms with van der Waals surface area (Å²) < 4.78 is 5.71. The summed E-state index contributed by atoms with van der Waals surface area (Å²) in [5.74, 6) is -0.652. The third-order valence-corrected chi connectivity index (χ3v) is 11.1. The van der Waals surface area contributed by atoms with Gasteiger partial charge < -0.3 is 9.72 Å². The molecule has 11 heteroatoms. The van der Waals surface area contributed by atoms with Crippen molar-refractivity contribution < 1.29 is 19.2 Å². The molecular formula is C26H21N3O6S2. The van der Waals surface area contributed by atoms with Crippen LogP contribution in [0.25, 0.3) is 0 Å². The average molecular weight is 536 g/mol. The number of non-ortho nitro benzene ring substituents is 1. The summed E-state index contributed by atoms with van der Waals surface area (Å²) in [6.07, 6.45) is 0.786. The summed E-state index contributed by atoms with van der Waals surface area (Å²) in [6.45, 7) is 0. The molecule has 7 atom stereocenters. The van der Waals surface area contributed by atoms with Crippen LogP contribution in [0.5, 0.6) is 5.75 Å². The Bertz CT molecular complexity index is 1530. The quantitative estimate of drug-likeness (QED) is 0.304. The van der Waals surface area contributed by atoms with Crippen molar-refractivity contribution in [3.63, 3.8) is 0 Å². The number of anilines is 1. The maximum Gasteiger partial charge on any atom is 0.305 e. The number of aromatic amines is 1. The monoisotopic (exact) mass is 535 g/mol. The van der Waals surface area contributed by atoms with Crippen molar-refractivity contribution in [2.45, 2.75) is 22.6 Å². The van der Waals surface area contributed by atoms with Gasteiger partial charge >= 0.3 is 4.87 Å². The molecule has 0 unspecified atom stereocenters. The Kier molecular flexibility index (Phi) is 4.93. The highest BCUT2D eigenvalue weighted by molar-refractivity contribution is 8.00. The van der Waals surface area contributed by atoms with Gasteiger partial charge in [-0.3, -0.25) is 29.4 Å². The lowest BCUT2D eigenvalue weighted by Crippen LogP contribution is -2.42. The summed E-state index contributed by atoms with van der Waals surface area (Å²) in [5.41, 5.74) is 1.27. The molecule has 4 aliphatic rings. The zero-order valence-electron chi connectivity index (χ0n) is 19.5. The highest BCUT2D eigenvalue weighted by atomic mass is 32.2. The lowest BCUT2D eigenvalue weighted by atomic mass is 9.68. The van der Waals surface area contributed by atoms with Crippen LogP contribution in [-0.4, -0.2) is 34.1 Å². The van der Waals surface area contributed by atoms with Gasteiger partial charge in [0, 0.05) is 33.7 Å². The van der Waals surface area contributed by atoms with E-state index in [1.165, 1.54) is 40.5 Å². The van der Waals surface area contributed by atoms with Gasteiger partial charge in [0.25, 0.3) is 5.69 Å². The number of ether oxygens (including phenoxy) is 1. The van der Waals surface area contributed by atoms with Crippen molar-refractivity contribution in [2.24, 2.45) is 29.6 Å². The maximum atomic E-state index is 13.8. The predicted molar refractivity (Wildman–Crippen MR) is 137 cm³/mol. The number of hydrogen-bond acceptors (Lipinski definition) is 8. The second-order valence-corrected chi connectivity index (χ2v) is 12.2. The molecule has 1 aromatic heterocycles. The zero-order valence-corrected chi connectivity index (χ0v) is 21.2. The van der Waals surface area contributed by atoms with E-state index in [9.17, 15) is 24.5 Å². The topological polar surface area (TPSA) is 123 Å². The average Bonchev–Trinajstić information content (AvgIpc) is 3.63. The van der Waals surface area contributed by atoms with E-state index in [4.69, 9.17) is 4.74 Å². The lowest BCUT2D eigenvalue weighted by molar-refractivity contribution is -0.384. The number of nitrogens with zero attached hydrogens (tertiary/aromatic N) is 2. The van der Waals surface area contributed by atoms with E-state index < -0.39 is 16.8 Å². The Balaban J connectivity index is 1.31. The number of amides is 2. The van der Waals surface area contributed by atoms with Crippen molar-refractivity contribution in [1.29, 1.82) is 0 Å². The number of imide groups is 1. The molecule has 2 amide bonds. The second-order valence-electron chi connectivity index (χ2n) is 9.99. The lowest BCUT2D eigenvalue weighted by Gasteiger charge is -2.43. The first-order valence-electron chi connectivity index (χ1n) is 12.0. The summed E-state index contributed by atoms with van der Waals surface area (Å²) in [4.78, 5) is 55.5. The smallest absolute Gasteiger partial charge is 0.305 e. The molecule has 37 heavy (non-hydrogen) atoms. The molecular weight excluding hydrogens is 514 g/mol. The summed E-state index contributed by atoms with van der Waals surface area (Å²) >= 11 is 2.85. The number of methoxy groups -OCH3 is 1. The number of nitro groups is 1. The molecule has 1 saturated heterocycles. The number of rotatable bonds is 4. The molecule has 7 rings (SSSR count). The van der Waals surface area contributed by atoms with E-state index in [0.29, 0.717) is 5.69 Å². The largest absolute Gasteiger partial charge is 0.496 e. The van der Waals surface area contributed by atoms with Crippen LogP contribution in [0.3, 0.4) is 0 Å². The van der Waals surface area contributed by atoms with Gasteiger partial charge in [-0.2, -0.15) is 0 Å². The van der Waals surface area contributed by atoms with Crippen LogP contribution in [0.1, 0.15) is 22.8 Å². The van der Waals surface area contributed by atoms with Crippen LogP contribution in [-0.2, 0) is 9.59 Å². The van der Waals surface area contributed by atoms with Gasteiger partial charge in [-0.05, 0) is 42.4 Å². The zero-order chi connectivity index (χ0) is 25.6. The first-order chi connectivity index (χ1) is 17.9. The molecule has 9 nitrogen and oxygen atoms in total. The Morgan fingerprint density at radius 1 is 1.03 bits per heavy atom. The number of H-pyrrole nitrogens is 1. The van der Waals surface area contributed by atoms with Gasteiger partial charge in [-0.15, -0.1) is 11.8 Å². The Hall–Kier alpha value is -3.44. The van der Waals surface area contributed by atoms with Crippen molar-refractivity contribution >= 4 is 46.3 Å². The second kappa shape index (κ2) is 8.03. The fraction of sp³-hybridized carbons (Fsp3) is 0.346. The molecule has 2 aliphatic carbocycles. The summed E-state index contributed by atoms with van der Waals surface area (Å²) in [5, 5.41) is 12.0. The molecule has 1 N–H and O–H groups in total. The van der Waals surface area contributed by atoms with Gasteiger partial charge in [0.05, 0.1) is 34.6 Å². The van der Waals surface area contributed by atoms with Crippen LogP contribution in [0.2, 0.25) is 0 Å². The van der Waals surface area contributed by atoms with Crippen LogP contribution in [0, 0.1) is 39.7 Å². The number of benzene rings is 2. The molecule has 2 aliphatic heterocycles. The minimum atomic E-state index is -0.505. The van der Waals surface area contributed by atoms with Crippen LogP contribution in [0.15, 0.2) is 58.4 Å². The standard InChI is InChI=1S/C26H21N3O6S2/c1-35-16-5-3-2-4-13(16)17-18-14-10-15(21(18)36-23-22(17)37-26(32)27-23)20-19(14)24(30)28(25(20)31)11-6-8-12(9-7-11)29(33)34/h2-9,14-15,17-21H,10H2,1H3,(H,27,32)/t14-,15+,17-,18+,19+,20-,21-/m1/s1. The molecule has 2 saturated carbocycles. The van der Waals surface area contributed by atoms with Crippen LogP contribution < -0.4 is 14.5 Å². The van der Waals surface area contributed by atoms with E-state index in [0.717, 1.165) is 27.6 Å². The number of nitro benzene ring substituents is 1. The molecule has 0 spiro atoms. The fourth-order valence-corrected chi connectivity index (χ4v) is 10.1. The number of fused-ring (bicyclic) bond motifs is 9. The molecule has 3 heterocycles. The number of thiazole rings is 1. The Morgan fingerprint density at radius 2 is 1.73 bits per heavy atom. The Labute approximate surface area is 219 Å². The minimum Gasteiger partial charge on any atom is -0.496 e. The van der Waals surface area contributed by atoms with E-state index in [-0.39, 0.29) is 51.3 Å². The third kappa shape index (κ3) is 3.07. The number of nitrogens with one attached hydrogen (secondary N) is 1. The molecule has 3 aromatic rings. The fourth-order valence-electron chi connectivity index (χ4n) is 7.27. The highest BCUT2D eigenvalue weighted by Crippen LogP contribution is 2.69. The normalized spacial score (nSPS) is 31.3. The van der Waals surface area contributed by atoms with E-state index in [1.807, 2.05) is 24.3 Å². The van der Waals surface area contributed by atoms with Crippen molar-refractivity contribution in [3.05, 3.63) is 78.8 Å². The SMILES string of the molecule is COc1ccccc1[C@H]1c2sc(=O)[nH]c2S[C@@H]2[C@H]3C[C@@H]([C@@H]4C(=O)N(c5ccc([N+](=O)[O-])cc5)C(=O)[C@H]34)[C@@H]12. The van der Waals surface area contributed by atoms with Gasteiger partial charge in [0.15, 0.2) is 0 Å². The van der Waals surface area contributed by atoms with Crippen molar-refractivity contribution in [3.8, 4) is 5.75 Å². The number of carbonyl (C=O) groups excluding carboxylic acids is 2. The van der Waals surface area contributed by atoms with E-state index in [2.05, 4.69) is 4.98 Å². The first kappa shape index (κ1) is 22.7. The van der Waals surface area contributed by atoms with E-state index >= 15 is 0 Å². The minimum absolute atomic E-state index is 0.00161. The van der Waals surface area contributed by atoms with Crippen LogP contribution in [0.4, 0.5) is 11.4 Å². The van der Waals surface area contributed by atoms with Gasteiger partial charge in [0.1, 0.15) is 5.75 Å². The highest BCUT2D eigenvalue weighted by Gasteiger charge is 2.69. The summed E-state index contributed by atoms with van der Waals surface area (Å²) in [7, 11) is 1.63. The maximum absolute atomic E-state index is 13.8. The van der Waals surface area contributed by atoms with Crippen LogP contribution >= 0.6 is 23.1 Å². The summed E-state index contributed by atoms with van der Waals surface area (Å²) in [6, 6.07) is 13.4. The Morgan fingerprint density at radius 3 is 2.43 bits per heavy atom. The predicted octanol–water partition coefficient (Wildman–Crippen LogP) is 4.03. The number of carbonyl (C=O) groups is 2. The molecule has 2 aromatic carbocycles. The first-order valence-corrected chi connectivity index (χ1v) is 13.7. The number of thioether (sulfide) groups is 1. The number of para-hydroxylation sites is 1. The molecule has 3 fully saturated rings. The third-order valence-electron chi connectivity index (χ3n) is 8.52. The number of aromatic nitrogens is 1.